The second kappa shape index (κ2) is 13.5. The summed E-state index contributed by atoms with van der Waals surface area (Å²) in [5.74, 6) is 0. The maximum Gasteiger partial charge on any atom is 0.0158 e. The molecule has 208 valence electrons. The number of aryl methyl sites for hydroxylation is 1. The van der Waals surface area contributed by atoms with Crippen molar-refractivity contribution in [1.29, 1.82) is 0 Å². The lowest BCUT2D eigenvalue weighted by Gasteiger charge is -2.22. The highest BCUT2D eigenvalue weighted by atomic mass is 14.4. The van der Waals surface area contributed by atoms with Crippen molar-refractivity contribution in [3.8, 4) is 22.3 Å². The molecule has 0 aromatic heterocycles. The van der Waals surface area contributed by atoms with E-state index in [0.29, 0.717) is 0 Å². The molecule has 0 amide bonds. The molecule has 0 N–H and O–H groups in total. The largest absolute Gasteiger partial charge is 0.0654 e. The minimum Gasteiger partial charge on any atom is -0.0654 e. The van der Waals surface area contributed by atoms with Gasteiger partial charge in [0.05, 0.1) is 0 Å². The summed E-state index contributed by atoms with van der Waals surface area (Å²) in [6.45, 7) is 7.01. The van der Waals surface area contributed by atoms with Gasteiger partial charge in [0.15, 0.2) is 0 Å². The molecule has 40 heavy (non-hydrogen) atoms. The average Bonchev–Trinajstić information content (AvgIpc) is 3.21. The second-order valence-electron chi connectivity index (χ2n) is 12.6. The lowest BCUT2D eigenvalue weighted by molar-refractivity contribution is 0.556. The normalized spacial score (nSPS) is 13.3. The van der Waals surface area contributed by atoms with Gasteiger partial charge in [0.25, 0.3) is 0 Å². The summed E-state index contributed by atoms with van der Waals surface area (Å²) >= 11 is 0. The van der Waals surface area contributed by atoms with Crippen LogP contribution in [0.15, 0.2) is 91.0 Å². The lowest BCUT2D eigenvalue weighted by atomic mass is 9.81. The summed E-state index contributed by atoms with van der Waals surface area (Å²) in [6.07, 6.45) is 16.2. The van der Waals surface area contributed by atoms with Crippen LogP contribution in [0, 0.1) is 0 Å². The number of hydrogen-bond donors (Lipinski definition) is 0. The van der Waals surface area contributed by atoms with Gasteiger partial charge in [-0.15, -0.1) is 0 Å². The Morgan fingerprint density at radius 3 is 1.65 bits per heavy atom. The van der Waals surface area contributed by atoms with Crippen molar-refractivity contribution in [3.05, 3.63) is 119 Å². The number of rotatable bonds is 14. The van der Waals surface area contributed by atoms with Crippen LogP contribution in [0.25, 0.3) is 22.3 Å². The molecule has 0 bridgehead atoms. The summed E-state index contributed by atoms with van der Waals surface area (Å²) in [4.78, 5) is 0. The Morgan fingerprint density at radius 2 is 1.00 bits per heavy atom. The van der Waals surface area contributed by atoms with E-state index in [1.165, 1.54) is 121 Å². The third kappa shape index (κ3) is 6.77. The van der Waals surface area contributed by atoms with E-state index in [4.69, 9.17) is 0 Å². The van der Waals surface area contributed by atoms with Gasteiger partial charge in [-0.3, -0.25) is 0 Å². The highest BCUT2D eigenvalue weighted by molar-refractivity contribution is 5.81. The van der Waals surface area contributed by atoms with Gasteiger partial charge in [-0.1, -0.05) is 170 Å². The highest BCUT2D eigenvalue weighted by Gasteiger charge is 2.35. The van der Waals surface area contributed by atoms with Crippen LogP contribution in [0.5, 0.6) is 0 Å². The molecule has 0 heterocycles. The standard InChI is InChI=1S/C40H48/c1-4-5-6-7-8-9-10-11-12-13-16-31-19-24-34(25-20-31)35-26-21-32(22-27-35)29-33-23-28-37-36-17-14-15-18-38(36)40(2,3)39(37)30-33/h14-15,17-28,30H,4-13,16,29H2,1-3H3. The molecule has 1 aliphatic carbocycles. The van der Waals surface area contributed by atoms with Crippen LogP contribution in [0.3, 0.4) is 0 Å². The second-order valence-corrected chi connectivity index (χ2v) is 12.6. The molecule has 0 spiro atoms. The maximum atomic E-state index is 2.44. The Labute approximate surface area is 243 Å². The van der Waals surface area contributed by atoms with Crippen molar-refractivity contribution < 1.29 is 0 Å². The van der Waals surface area contributed by atoms with E-state index in [9.17, 15) is 0 Å². The fourth-order valence-corrected chi connectivity index (χ4v) is 6.59. The number of unbranched alkanes of at least 4 members (excludes halogenated alkanes) is 9. The molecular weight excluding hydrogens is 480 g/mol. The predicted octanol–water partition coefficient (Wildman–Crippen LogP) is 11.7. The first-order chi connectivity index (χ1) is 19.6. The van der Waals surface area contributed by atoms with Crippen LogP contribution in [0.1, 0.15) is 113 Å². The van der Waals surface area contributed by atoms with Gasteiger partial charge < -0.3 is 0 Å². The van der Waals surface area contributed by atoms with E-state index >= 15 is 0 Å². The fraction of sp³-hybridized carbons (Fsp3) is 0.400. The molecule has 0 heteroatoms. The Balaban J connectivity index is 1.10. The number of hydrogen-bond acceptors (Lipinski definition) is 0. The number of benzene rings is 4. The van der Waals surface area contributed by atoms with Gasteiger partial charge >= 0.3 is 0 Å². The van der Waals surface area contributed by atoms with Crippen molar-refractivity contribution >= 4 is 0 Å². The first kappa shape index (κ1) is 28.4. The molecule has 0 aliphatic heterocycles. The Bertz CT molecular complexity index is 1350. The zero-order chi connectivity index (χ0) is 27.8. The molecule has 0 atom stereocenters. The van der Waals surface area contributed by atoms with Gasteiger partial charge in [-0.05, 0) is 69.3 Å². The van der Waals surface area contributed by atoms with Crippen LogP contribution in [0.2, 0.25) is 0 Å². The van der Waals surface area contributed by atoms with Crippen molar-refractivity contribution in [2.24, 2.45) is 0 Å². The maximum absolute atomic E-state index is 2.44. The molecule has 4 aromatic rings. The van der Waals surface area contributed by atoms with Crippen molar-refractivity contribution in [2.75, 3.05) is 0 Å². The summed E-state index contributed by atoms with van der Waals surface area (Å²) in [5, 5.41) is 0. The molecular formula is C40H48. The minimum atomic E-state index is 0.0610. The highest BCUT2D eigenvalue weighted by Crippen LogP contribution is 2.48. The Morgan fingerprint density at radius 1 is 0.475 bits per heavy atom. The molecule has 4 aromatic carbocycles. The molecule has 0 unspecified atom stereocenters. The van der Waals surface area contributed by atoms with Gasteiger partial charge in [-0.25, -0.2) is 0 Å². The Kier molecular flexibility index (Phi) is 9.58. The van der Waals surface area contributed by atoms with Gasteiger partial charge in [0, 0.05) is 5.41 Å². The minimum absolute atomic E-state index is 0.0610. The van der Waals surface area contributed by atoms with E-state index in [1.54, 1.807) is 0 Å². The summed E-state index contributed by atoms with van der Waals surface area (Å²) in [6, 6.07) is 34.5. The molecule has 0 saturated carbocycles. The summed E-state index contributed by atoms with van der Waals surface area (Å²) in [5.41, 5.74) is 12.6. The first-order valence-corrected chi connectivity index (χ1v) is 16.0. The van der Waals surface area contributed by atoms with Crippen molar-refractivity contribution in [1.82, 2.24) is 0 Å². The monoisotopic (exact) mass is 528 g/mol. The van der Waals surface area contributed by atoms with E-state index in [-0.39, 0.29) is 5.41 Å². The zero-order valence-electron chi connectivity index (χ0n) is 25.1. The van der Waals surface area contributed by atoms with E-state index in [0.717, 1.165) is 6.42 Å². The van der Waals surface area contributed by atoms with Crippen molar-refractivity contribution in [3.63, 3.8) is 0 Å². The van der Waals surface area contributed by atoms with Crippen LogP contribution in [-0.2, 0) is 18.3 Å². The first-order valence-electron chi connectivity index (χ1n) is 16.0. The number of fused-ring (bicyclic) bond motifs is 3. The van der Waals surface area contributed by atoms with E-state index in [2.05, 4.69) is 112 Å². The summed E-state index contributed by atoms with van der Waals surface area (Å²) in [7, 11) is 0. The van der Waals surface area contributed by atoms with Gasteiger partial charge in [0.1, 0.15) is 0 Å². The van der Waals surface area contributed by atoms with Crippen LogP contribution in [0.4, 0.5) is 0 Å². The molecule has 5 rings (SSSR count). The third-order valence-corrected chi connectivity index (χ3v) is 9.12. The van der Waals surface area contributed by atoms with E-state index in [1.807, 2.05) is 0 Å². The van der Waals surface area contributed by atoms with Crippen LogP contribution < -0.4 is 0 Å². The summed E-state index contributed by atoms with van der Waals surface area (Å²) < 4.78 is 0. The van der Waals surface area contributed by atoms with Gasteiger partial charge in [0.2, 0.25) is 0 Å². The third-order valence-electron chi connectivity index (χ3n) is 9.12. The molecule has 0 radical (unpaired) electrons. The average molecular weight is 529 g/mol. The quantitative estimate of drug-likeness (QED) is 0.143. The smallest absolute Gasteiger partial charge is 0.0158 e. The van der Waals surface area contributed by atoms with Crippen molar-refractivity contribution in [2.45, 2.75) is 103 Å². The van der Waals surface area contributed by atoms with Gasteiger partial charge in [-0.2, -0.15) is 0 Å². The molecule has 0 saturated heterocycles. The van der Waals surface area contributed by atoms with Crippen LogP contribution in [-0.4, -0.2) is 0 Å². The molecule has 0 nitrogen and oxygen atoms in total. The molecule has 0 fully saturated rings. The molecule has 1 aliphatic rings. The van der Waals surface area contributed by atoms with E-state index < -0.39 is 0 Å². The topological polar surface area (TPSA) is 0 Å². The zero-order valence-corrected chi connectivity index (χ0v) is 25.1. The fourth-order valence-electron chi connectivity index (χ4n) is 6.59. The lowest BCUT2D eigenvalue weighted by Crippen LogP contribution is -2.15. The Hall–Kier alpha value is -3.12. The van der Waals surface area contributed by atoms with Crippen LogP contribution >= 0.6 is 0 Å². The SMILES string of the molecule is CCCCCCCCCCCCc1ccc(-c2ccc(Cc3ccc4c(c3)C(C)(C)c3ccccc3-4)cc2)cc1. The predicted molar refractivity (Wildman–Crippen MR) is 174 cm³/mol.